The molecule has 0 bridgehead atoms. The first-order valence-electron chi connectivity index (χ1n) is 9.65. The van der Waals surface area contributed by atoms with Crippen molar-refractivity contribution in [1.82, 2.24) is 14.4 Å². The first-order chi connectivity index (χ1) is 13.8. The van der Waals surface area contributed by atoms with Crippen molar-refractivity contribution < 1.29 is 0 Å². The second-order valence-electron chi connectivity index (χ2n) is 7.03. The lowest BCUT2D eigenvalue weighted by Crippen LogP contribution is -2.33. The summed E-state index contributed by atoms with van der Waals surface area (Å²) in [7, 11) is 0. The molecule has 140 valence electrons. The van der Waals surface area contributed by atoms with Gasteiger partial charge in [0.05, 0.1) is 0 Å². The molecule has 0 saturated carbocycles. The van der Waals surface area contributed by atoms with Gasteiger partial charge in [0.15, 0.2) is 5.65 Å². The number of benzene rings is 2. The molecule has 4 aromatic rings. The molecular weight excluding hydrogens is 364 g/mol. The fraction of sp³-hybridized carbons (Fsp3) is 0.217. The average Bonchev–Trinajstić information content (AvgIpc) is 3.16. The van der Waals surface area contributed by atoms with E-state index in [1.165, 1.54) is 0 Å². The SMILES string of the molecule is Cc1cc(N2CCSCC2)nc2c(-c3ccccc3)nc(-c3ccccc3)n12. The zero-order chi connectivity index (χ0) is 18.9. The van der Waals surface area contributed by atoms with Crippen LogP contribution in [0, 0.1) is 6.92 Å². The Morgan fingerprint density at radius 3 is 2.14 bits per heavy atom. The van der Waals surface area contributed by atoms with Gasteiger partial charge in [-0.3, -0.25) is 4.40 Å². The second-order valence-corrected chi connectivity index (χ2v) is 8.25. The summed E-state index contributed by atoms with van der Waals surface area (Å²) < 4.78 is 2.19. The molecule has 1 aliphatic heterocycles. The number of anilines is 1. The van der Waals surface area contributed by atoms with Gasteiger partial charge in [0.25, 0.3) is 0 Å². The van der Waals surface area contributed by atoms with Gasteiger partial charge in [-0.25, -0.2) is 9.97 Å². The van der Waals surface area contributed by atoms with E-state index in [9.17, 15) is 0 Å². The first kappa shape index (κ1) is 17.3. The molecule has 28 heavy (non-hydrogen) atoms. The van der Waals surface area contributed by atoms with Gasteiger partial charge in [-0.15, -0.1) is 0 Å². The fourth-order valence-electron chi connectivity index (χ4n) is 3.77. The van der Waals surface area contributed by atoms with Crippen molar-refractivity contribution in [2.75, 3.05) is 29.5 Å². The Morgan fingerprint density at radius 2 is 1.46 bits per heavy atom. The molecule has 1 aliphatic rings. The molecule has 0 N–H and O–H groups in total. The molecule has 0 radical (unpaired) electrons. The molecule has 5 rings (SSSR count). The van der Waals surface area contributed by atoms with Gasteiger partial charge in [-0.1, -0.05) is 60.7 Å². The Balaban J connectivity index is 1.76. The molecule has 3 heterocycles. The number of fused-ring (bicyclic) bond motifs is 1. The van der Waals surface area contributed by atoms with Gasteiger partial charge in [-0.05, 0) is 6.92 Å². The summed E-state index contributed by atoms with van der Waals surface area (Å²) in [5.41, 5.74) is 5.23. The van der Waals surface area contributed by atoms with E-state index in [0.717, 1.165) is 64.4 Å². The largest absolute Gasteiger partial charge is 0.355 e. The fourth-order valence-corrected chi connectivity index (χ4v) is 4.67. The van der Waals surface area contributed by atoms with Gasteiger partial charge in [-0.2, -0.15) is 11.8 Å². The zero-order valence-corrected chi connectivity index (χ0v) is 16.7. The van der Waals surface area contributed by atoms with Crippen molar-refractivity contribution in [2.45, 2.75) is 6.92 Å². The van der Waals surface area contributed by atoms with Crippen LogP contribution in [0.25, 0.3) is 28.3 Å². The lowest BCUT2D eigenvalue weighted by Gasteiger charge is -2.27. The number of nitrogens with zero attached hydrogens (tertiary/aromatic N) is 4. The van der Waals surface area contributed by atoms with Gasteiger partial charge in [0.1, 0.15) is 17.3 Å². The monoisotopic (exact) mass is 386 g/mol. The van der Waals surface area contributed by atoms with Gasteiger partial charge in [0.2, 0.25) is 0 Å². The third-order valence-corrected chi connectivity index (χ3v) is 6.12. The Morgan fingerprint density at radius 1 is 0.821 bits per heavy atom. The maximum absolute atomic E-state index is 5.10. The van der Waals surface area contributed by atoms with Crippen molar-refractivity contribution in [2.24, 2.45) is 0 Å². The van der Waals surface area contributed by atoms with Crippen molar-refractivity contribution in [3.63, 3.8) is 0 Å². The van der Waals surface area contributed by atoms with E-state index < -0.39 is 0 Å². The highest BCUT2D eigenvalue weighted by molar-refractivity contribution is 7.99. The summed E-state index contributed by atoms with van der Waals surface area (Å²) in [5, 5.41) is 0. The minimum atomic E-state index is 0.929. The van der Waals surface area contributed by atoms with E-state index in [4.69, 9.17) is 9.97 Å². The number of hydrogen-bond acceptors (Lipinski definition) is 4. The van der Waals surface area contributed by atoms with Gasteiger partial charge >= 0.3 is 0 Å². The molecule has 0 amide bonds. The highest BCUT2D eigenvalue weighted by atomic mass is 32.2. The van der Waals surface area contributed by atoms with Crippen LogP contribution in [0.3, 0.4) is 0 Å². The predicted octanol–water partition coefficient (Wildman–Crippen LogP) is 4.92. The van der Waals surface area contributed by atoms with Crippen LogP contribution in [-0.4, -0.2) is 39.0 Å². The van der Waals surface area contributed by atoms with Crippen LogP contribution in [0.5, 0.6) is 0 Å². The molecule has 2 aromatic heterocycles. The number of thioether (sulfide) groups is 1. The summed E-state index contributed by atoms with van der Waals surface area (Å²) >= 11 is 2.02. The predicted molar refractivity (Wildman–Crippen MR) is 118 cm³/mol. The normalized spacial score (nSPS) is 14.5. The van der Waals surface area contributed by atoms with Crippen LogP contribution < -0.4 is 4.90 Å². The topological polar surface area (TPSA) is 33.4 Å². The van der Waals surface area contributed by atoms with Crippen molar-refractivity contribution >= 4 is 23.2 Å². The van der Waals surface area contributed by atoms with Crippen LogP contribution in [0.2, 0.25) is 0 Å². The van der Waals surface area contributed by atoms with Gasteiger partial charge in [0, 0.05) is 47.5 Å². The van der Waals surface area contributed by atoms with Crippen LogP contribution >= 0.6 is 11.8 Å². The van der Waals surface area contributed by atoms with E-state index >= 15 is 0 Å². The summed E-state index contributed by atoms with van der Waals surface area (Å²) in [6.07, 6.45) is 0. The standard InChI is InChI=1S/C23H22N4S/c1-17-16-20(26-12-14-28-15-13-26)24-23-21(18-8-4-2-5-9-18)25-22(27(17)23)19-10-6-3-7-11-19/h2-11,16H,12-15H2,1H3. The lowest BCUT2D eigenvalue weighted by atomic mass is 10.1. The molecule has 2 aromatic carbocycles. The molecule has 4 nitrogen and oxygen atoms in total. The maximum atomic E-state index is 5.10. The van der Waals surface area contributed by atoms with Crippen LogP contribution in [0.15, 0.2) is 66.7 Å². The quantitative estimate of drug-likeness (QED) is 0.500. The summed E-state index contributed by atoms with van der Waals surface area (Å²) in [6.45, 7) is 4.25. The Labute approximate surface area is 169 Å². The number of aromatic nitrogens is 3. The van der Waals surface area contributed by atoms with Crippen molar-refractivity contribution in [3.05, 3.63) is 72.4 Å². The van der Waals surface area contributed by atoms with Crippen LogP contribution in [-0.2, 0) is 0 Å². The number of rotatable bonds is 3. The molecule has 5 heteroatoms. The summed E-state index contributed by atoms with van der Waals surface area (Å²) in [4.78, 5) is 12.6. The van der Waals surface area contributed by atoms with Crippen molar-refractivity contribution in [1.29, 1.82) is 0 Å². The Kier molecular flexibility index (Phi) is 4.53. The third-order valence-electron chi connectivity index (χ3n) is 5.18. The summed E-state index contributed by atoms with van der Waals surface area (Å²) in [5.74, 6) is 4.32. The molecule has 1 saturated heterocycles. The molecule has 0 spiro atoms. The van der Waals surface area contributed by atoms with E-state index in [1.807, 2.05) is 23.9 Å². The molecule has 0 atom stereocenters. The third kappa shape index (κ3) is 3.06. The average molecular weight is 387 g/mol. The highest BCUT2D eigenvalue weighted by Gasteiger charge is 2.20. The van der Waals surface area contributed by atoms with E-state index in [2.05, 4.69) is 70.8 Å². The highest BCUT2D eigenvalue weighted by Crippen LogP contribution is 2.31. The van der Waals surface area contributed by atoms with E-state index in [-0.39, 0.29) is 0 Å². The molecule has 0 unspecified atom stereocenters. The Hall–Kier alpha value is -2.79. The van der Waals surface area contributed by atoms with Crippen molar-refractivity contribution in [3.8, 4) is 22.6 Å². The minimum Gasteiger partial charge on any atom is -0.355 e. The molecular formula is C23H22N4S. The zero-order valence-electron chi connectivity index (χ0n) is 15.9. The summed E-state index contributed by atoms with van der Waals surface area (Å²) in [6, 6.07) is 22.9. The van der Waals surface area contributed by atoms with Gasteiger partial charge < -0.3 is 4.90 Å². The molecule has 1 fully saturated rings. The number of imidazole rings is 1. The first-order valence-corrected chi connectivity index (χ1v) is 10.8. The minimum absolute atomic E-state index is 0.929. The van der Waals surface area contributed by atoms with Crippen LogP contribution in [0.4, 0.5) is 5.82 Å². The number of aryl methyl sites for hydroxylation is 1. The smallest absolute Gasteiger partial charge is 0.167 e. The second kappa shape index (κ2) is 7.32. The molecule has 0 aliphatic carbocycles. The maximum Gasteiger partial charge on any atom is 0.167 e. The van der Waals surface area contributed by atoms with E-state index in [1.54, 1.807) is 0 Å². The van der Waals surface area contributed by atoms with E-state index in [0.29, 0.717) is 0 Å². The Bertz CT molecular complexity index is 1100. The lowest BCUT2D eigenvalue weighted by molar-refractivity contribution is 0.835. The van der Waals surface area contributed by atoms with Crippen LogP contribution in [0.1, 0.15) is 5.69 Å². The number of hydrogen-bond donors (Lipinski definition) is 0.